The minimum atomic E-state index is -1.46. The maximum atomic E-state index is 10.7. The van der Waals surface area contributed by atoms with Crippen molar-refractivity contribution in [3.05, 3.63) is 23.8 Å². The van der Waals surface area contributed by atoms with Gasteiger partial charge in [-0.05, 0) is 87.4 Å². The zero-order valence-corrected chi connectivity index (χ0v) is 28.9. The second-order valence-corrected chi connectivity index (χ2v) is 17.0. The van der Waals surface area contributed by atoms with Gasteiger partial charge < -0.3 is 39.4 Å². The van der Waals surface area contributed by atoms with Gasteiger partial charge in [0.05, 0.1) is 31.0 Å². The molecule has 15 unspecified atom stereocenters. The summed E-state index contributed by atoms with van der Waals surface area (Å²) in [7, 11) is 1.84. The number of allylic oxidation sites excluding steroid dienone is 2. The van der Waals surface area contributed by atoms with Crippen molar-refractivity contribution >= 4 is 0 Å². The fraction of sp³-hybridized carbons (Fsp3) is 0.892. The van der Waals surface area contributed by atoms with Gasteiger partial charge in [0.25, 0.3) is 0 Å². The van der Waals surface area contributed by atoms with Crippen LogP contribution in [0.25, 0.3) is 0 Å². The molecule has 0 amide bonds. The molecule has 15 atom stereocenters. The number of hydrogen-bond acceptors (Lipinski definition) is 8. The third-order valence-electron chi connectivity index (χ3n) is 14.6. The number of ether oxygens (including phenoxy) is 4. The van der Waals surface area contributed by atoms with E-state index in [9.17, 15) is 20.4 Å². The lowest BCUT2D eigenvalue weighted by atomic mass is 9.38. The van der Waals surface area contributed by atoms with Crippen LogP contribution in [0, 0.1) is 45.3 Å². The Kier molecular flexibility index (Phi) is 8.81. The third kappa shape index (κ3) is 4.74. The highest BCUT2D eigenvalue weighted by Gasteiger charge is 2.75. The van der Waals surface area contributed by atoms with E-state index in [1.54, 1.807) is 0 Å². The monoisotopic (exact) mass is 632 g/mol. The van der Waals surface area contributed by atoms with Crippen LogP contribution in [0.5, 0.6) is 0 Å². The fourth-order valence-electron chi connectivity index (χ4n) is 11.9. The first-order chi connectivity index (χ1) is 21.1. The Morgan fingerprint density at radius 3 is 2.38 bits per heavy atom. The standard InChI is InChI=1S/C37H60O8/c1-21(2)17-23(42-8)18-22(3)24-11-13-35(7)26-12-14-37-27(36(26,20-43-37)16-15-34(24,35)6)9-10-28(33(37,4)5)45-32-31(41)30(40)29(39)25(19-38)44-32/h12,14,17,22-32,38-41H,9-11,13,15-16,18-20H2,1-8H3. The van der Waals surface area contributed by atoms with Gasteiger partial charge in [-0.2, -0.15) is 0 Å². The molecule has 2 aliphatic heterocycles. The summed E-state index contributed by atoms with van der Waals surface area (Å²) >= 11 is 0. The predicted octanol–water partition coefficient (Wildman–Crippen LogP) is 4.77. The fourth-order valence-corrected chi connectivity index (χ4v) is 11.9. The lowest BCUT2D eigenvalue weighted by Gasteiger charge is -2.65. The lowest BCUT2D eigenvalue weighted by Crippen LogP contribution is -2.66. The number of aliphatic hydroxyl groups is 4. The molecule has 0 aromatic carbocycles. The molecule has 1 spiro atoms. The van der Waals surface area contributed by atoms with Gasteiger partial charge in [-0.25, -0.2) is 0 Å². The molecule has 5 fully saturated rings. The summed E-state index contributed by atoms with van der Waals surface area (Å²) in [4.78, 5) is 0. The van der Waals surface area contributed by atoms with E-state index >= 15 is 0 Å². The highest BCUT2D eigenvalue weighted by molar-refractivity contribution is 5.33. The van der Waals surface area contributed by atoms with Crippen molar-refractivity contribution in [2.45, 2.75) is 142 Å². The van der Waals surface area contributed by atoms with Crippen LogP contribution in [0.3, 0.4) is 0 Å². The Hall–Kier alpha value is -0.840. The minimum Gasteiger partial charge on any atom is -0.394 e. The van der Waals surface area contributed by atoms with Crippen LogP contribution in [0.2, 0.25) is 0 Å². The number of rotatable bonds is 8. The van der Waals surface area contributed by atoms with Crippen LogP contribution in [0.1, 0.15) is 93.4 Å². The van der Waals surface area contributed by atoms with Crippen LogP contribution < -0.4 is 0 Å². The average Bonchev–Trinajstić information content (AvgIpc) is 3.39. The van der Waals surface area contributed by atoms with E-state index in [-0.39, 0.29) is 28.5 Å². The third-order valence-corrected chi connectivity index (χ3v) is 14.6. The summed E-state index contributed by atoms with van der Waals surface area (Å²) in [6, 6.07) is 0. The van der Waals surface area contributed by atoms with Gasteiger partial charge in [0.1, 0.15) is 24.4 Å². The van der Waals surface area contributed by atoms with Gasteiger partial charge in [-0.3, -0.25) is 0 Å². The highest BCUT2D eigenvalue weighted by atomic mass is 16.7. The summed E-state index contributed by atoms with van der Waals surface area (Å²) in [6.45, 7) is 16.6. The van der Waals surface area contributed by atoms with Crippen LogP contribution in [0.15, 0.2) is 23.8 Å². The van der Waals surface area contributed by atoms with E-state index in [1.807, 2.05) is 7.11 Å². The van der Waals surface area contributed by atoms with Gasteiger partial charge in [0.2, 0.25) is 0 Å². The van der Waals surface area contributed by atoms with Gasteiger partial charge in [0, 0.05) is 23.9 Å². The average molecular weight is 633 g/mol. The van der Waals surface area contributed by atoms with Crippen molar-refractivity contribution in [3.63, 3.8) is 0 Å². The molecule has 4 N–H and O–H groups in total. The van der Waals surface area contributed by atoms with Crippen molar-refractivity contribution in [1.82, 2.24) is 0 Å². The smallest absolute Gasteiger partial charge is 0.186 e. The normalized spacial score (nSPS) is 51.2. The molecule has 2 bridgehead atoms. The second kappa shape index (κ2) is 11.6. The Bertz CT molecular complexity index is 1160. The molecule has 0 aromatic heterocycles. The van der Waals surface area contributed by atoms with Crippen molar-refractivity contribution in [2.75, 3.05) is 20.3 Å². The summed E-state index contributed by atoms with van der Waals surface area (Å²) in [5.74, 6) is 2.06. The van der Waals surface area contributed by atoms with Crippen molar-refractivity contribution < 1.29 is 39.4 Å². The topological polar surface area (TPSA) is 118 Å². The first-order valence-electron chi connectivity index (χ1n) is 17.6. The largest absolute Gasteiger partial charge is 0.394 e. The maximum Gasteiger partial charge on any atom is 0.186 e. The van der Waals surface area contributed by atoms with Crippen molar-refractivity contribution in [1.29, 1.82) is 0 Å². The lowest BCUT2D eigenvalue weighted by molar-refractivity contribution is -0.329. The predicted molar refractivity (Wildman–Crippen MR) is 171 cm³/mol. The Morgan fingerprint density at radius 1 is 0.978 bits per heavy atom. The highest BCUT2D eigenvalue weighted by Crippen LogP contribution is 2.77. The molecule has 45 heavy (non-hydrogen) atoms. The Balaban J connectivity index is 1.25. The summed E-state index contributed by atoms with van der Waals surface area (Å²) in [6.07, 6.45) is 8.34. The van der Waals surface area contributed by atoms with E-state index in [1.165, 1.54) is 31.3 Å². The minimum absolute atomic E-state index is 0.0869. The number of hydrogen-bond donors (Lipinski definition) is 4. The van der Waals surface area contributed by atoms with Crippen LogP contribution in [0.4, 0.5) is 0 Å². The zero-order chi connectivity index (χ0) is 32.7. The summed E-state index contributed by atoms with van der Waals surface area (Å²) in [5, 5.41) is 41.1. The maximum absolute atomic E-state index is 10.7. The van der Waals surface area contributed by atoms with E-state index in [0.717, 1.165) is 25.9 Å². The van der Waals surface area contributed by atoms with Gasteiger partial charge in [-0.1, -0.05) is 58.4 Å². The molecule has 0 radical (unpaired) electrons. The van der Waals surface area contributed by atoms with Crippen LogP contribution in [-0.2, 0) is 18.9 Å². The molecule has 256 valence electrons. The molecule has 0 aromatic rings. The number of methoxy groups -OCH3 is 1. The first kappa shape index (κ1) is 34.0. The van der Waals surface area contributed by atoms with E-state index in [0.29, 0.717) is 23.7 Å². The van der Waals surface area contributed by atoms with E-state index in [4.69, 9.17) is 18.9 Å². The van der Waals surface area contributed by atoms with E-state index < -0.39 is 48.3 Å². The first-order valence-corrected chi connectivity index (χ1v) is 17.6. The Morgan fingerprint density at radius 2 is 1.71 bits per heavy atom. The molecular formula is C37H60O8. The molecule has 2 saturated heterocycles. The van der Waals surface area contributed by atoms with E-state index in [2.05, 4.69) is 66.7 Å². The second-order valence-electron chi connectivity index (χ2n) is 17.0. The number of fused-ring (bicyclic) bond motifs is 2. The molecule has 8 nitrogen and oxygen atoms in total. The summed E-state index contributed by atoms with van der Waals surface area (Å²) in [5.41, 5.74) is 0.902. The van der Waals surface area contributed by atoms with Crippen LogP contribution >= 0.6 is 0 Å². The quantitative estimate of drug-likeness (QED) is 0.283. The molecular weight excluding hydrogens is 572 g/mol. The SMILES string of the molecule is COC(C=C(C)C)CC(C)C1CCC2(C)C3C=CC45OCC3(CCC12C)C4CCC(OC1OC(CO)C(O)C(O)C1O)C5(C)C. The number of aliphatic hydroxyl groups excluding tert-OH is 4. The van der Waals surface area contributed by atoms with Crippen molar-refractivity contribution in [3.8, 4) is 0 Å². The molecule has 8 heteroatoms. The molecule has 6 aliphatic rings. The molecule has 2 heterocycles. The van der Waals surface area contributed by atoms with Gasteiger partial charge in [-0.15, -0.1) is 0 Å². The molecule has 6 rings (SSSR count). The van der Waals surface area contributed by atoms with Gasteiger partial charge >= 0.3 is 0 Å². The van der Waals surface area contributed by atoms with Gasteiger partial charge in [0.15, 0.2) is 6.29 Å². The van der Waals surface area contributed by atoms with Crippen LogP contribution in [-0.4, -0.2) is 89.3 Å². The summed E-state index contributed by atoms with van der Waals surface area (Å²) < 4.78 is 25.2. The zero-order valence-electron chi connectivity index (χ0n) is 28.9. The molecule has 3 saturated carbocycles. The Labute approximate surface area is 270 Å². The molecule has 4 aliphatic carbocycles. The van der Waals surface area contributed by atoms with Crippen molar-refractivity contribution in [2.24, 2.45) is 45.3 Å².